The summed E-state index contributed by atoms with van der Waals surface area (Å²) in [6.45, 7) is 24.5. The van der Waals surface area contributed by atoms with Crippen LogP contribution in [0.1, 0.15) is 91.7 Å². The molecule has 11 nitrogen and oxygen atoms in total. The number of rotatable bonds is 15. The summed E-state index contributed by atoms with van der Waals surface area (Å²) >= 11 is 0. The van der Waals surface area contributed by atoms with E-state index in [2.05, 4.69) is 64.1 Å². The van der Waals surface area contributed by atoms with Crippen LogP contribution in [-0.4, -0.2) is 79.6 Å². The second-order valence-electron chi connectivity index (χ2n) is 17.2. The van der Waals surface area contributed by atoms with Crippen molar-refractivity contribution in [3.8, 4) is 23.0 Å². The van der Waals surface area contributed by atoms with Gasteiger partial charge in [-0.15, -0.1) is 0 Å². The Kier molecular flexibility index (Phi) is 13.0. The van der Waals surface area contributed by atoms with Crippen molar-refractivity contribution in [2.24, 2.45) is 15.8 Å². The highest BCUT2D eigenvalue weighted by atomic mass is 16.6. The minimum atomic E-state index is -1.20. The first-order chi connectivity index (χ1) is 28.1. The molecule has 2 aromatic carbocycles. The summed E-state index contributed by atoms with van der Waals surface area (Å²) in [5, 5.41) is 11.7. The standard InChI is InChI=1S/C48H62N4O7/c1-12-15-33-21-35-27-49-38-25-43(41(55-10)23-36(38)31(4)50(35)28-33)59-30-48(8,9)18-17-47(6,7)19-20-58-44-26-39-37(24-42(44)56-11)32(5)51-29-34(16-13-2)22-40(51)45(53)52(39)46(54)57-14-3/h12-13,15-16,23-29,35,40,45,53H,4-5,14,17-22,30H2,1-3,6-11H3/b15-12+,16-13+. The first-order valence-corrected chi connectivity index (χ1v) is 20.6. The van der Waals surface area contributed by atoms with Gasteiger partial charge in [0, 0.05) is 53.3 Å². The van der Waals surface area contributed by atoms with Gasteiger partial charge in [0.25, 0.3) is 0 Å². The van der Waals surface area contributed by atoms with Crippen LogP contribution in [-0.2, 0) is 4.74 Å². The van der Waals surface area contributed by atoms with Crippen LogP contribution in [0.15, 0.2) is 90.3 Å². The predicted molar refractivity (Wildman–Crippen MR) is 236 cm³/mol. The average Bonchev–Trinajstić information content (AvgIpc) is 3.78. The number of nitrogens with zero attached hydrogens (tertiary/aromatic N) is 4. The molecule has 316 valence electrons. The molecule has 2 aromatic rings. The summed E-state index contributed by atoms with van der Waals surface area (Å²) in [5.41, 5.74) is 6.44. The maximum absolute atomic E-state index is 13.5. The van der Waals surface area contributed by atoms with Crippen molar-refractivity contribution < 1.29 is 33.6 Å². The molecule has 4 aliphatic heterocycles. The Balaban J connectivity index is 1.11. The number of fused-ring (bicyclic) bond motifs is 4. The largest absolute Gasteiger partial charge is 0.493 e. The van der Waals surface area contributed by atoms with Crippen molar-refractivity contribution >= 4 is 35.1 Å². The lowest BCUT2D eigenvalue weighted by Crippen LogP contribution is -2.49. The summed E-state index contributed by atoms with van der Waals surface area (Å²) in [6, 6.07) is 7.21. The van der Waals surface area contributed by atoms with Gasteiger partial charge in [0.15, 0.2) is 29.2 Å². The van der Waals surface area contributed by atoms with Gasteiger partial charge in [-0.2, -0.15) is 0 Å². The zero-order valence-electron chi connectivity index (χ0n) is 36.3. The van der Waals surface area contributed by atoms with E-state index in [0.717, 1.165) is 48.2 Å². The molecule has 0 bridgehead atoms. The topological polar surface area (TPSA) is 106 Å². The Morgan fingerprint density at radius 3 is 2.10 bits per heavy atom. The highest BCUT2D eigenvalue weighted by molar-refractivity contribution is 5.94. The van der Waals surface area contributed by atoms with Gasteiger partial charge in [-0.25, -0.2) is 9.69 Å². The van der Waals surface area contributed by atoms with E-state index in [1.165, 1.54) is 10.5 Å². The molecule has 0 fully saturated rings. The normalized spacial score (nSPS) is 20.2. The fourth-order valence-corrected chi connectivity index (χ4v) is 8.07. The summed E-state index contributed by atoms with van der Waals surface area (Å²) in [5.74, 6) is 2.28. The van der Waals surface area contributed by atoms with E-state index >= 15 is 0 Å². The van der Waals surface area contributed by atoms with Gasteiger partial charge in [0.05, 0.1) is 57.5 Å². The van der Waals surface area contributed by atoms with Crippen molar-refractivity contribution in [2.45, 2.75) is 98.9 Å². The number of allylic oxidation sites excluding steroid dienone is 4. The predicted octanol–water partition coefficient (Wildman–Crippen LogP) is 10.4. The Bertz CT molecular complexity index is 2090. The Hall–Kier alpha value is -5.42. The first-order valence-electron chi connectivity index (χ1n) is 20.6. The molecular weight excluding hydrogens is 745 g/mol. The molecular formula is C48H62N4O7. The molecule has 0 aliphatic carbocycles. The monoisotopic (exact) mass is 806 g/mol. The molecule has 0 saturated heterocycles. The number of hydrogen-bond donors (Lipinski definition) is 1. The lowest BCUT2D eigenvalue weighted by atomic mass is 9.78. The average molecular weight is 807 g/mol. The Labute approximate surface area is 350 Å². The molecule has 4 heterocycles. The van der Waals surface area contributed by atoms with Gasteiger partial charge >= 0.3 is 6.09 Å². The number of amides is 1. The second-order valence-corrected chi connectivity index (χ2v) is 17.2. The first kappa shape index (κ1) is 43.2. The molecule has 59 heavy (non-hydrogen) atoms. The second kappa shape index (κ2) is 17.8. The molecule has 4 aliphatic rings. The van der Waals surface area contributed by atoms with Gasteiger partial charge in [-0.3, -0.25) is 4.99 Å². The molecule has 6 rings (SSSR count). The number of methoxy groups -OCH3 is 2. The number of aliphatic hydroxyl groups is 1. The molecule has 11 heteroatoms. The van der Waals surface area contributed by atoms with Gasteiger partial charge in [-0.05, 0) is 87.0 Å². The van der Waals surface area contributed by atoms with Crippen molar-refractivity contribution in [3.05, 3.63) is 96.4 Å². The summed E-state index contributed by atoms with van der Waals surface area (Å²) in [7, 11) is 3.25. The van der Waals surface area contributed by atoms with Crippen LogP contribution in [0.2, 0.25) is 0 Å². The van der Waals surface area contributed by atoms with Crippen molar-refractivity contribution in [1.29, 1.82) is 0 Å². The number of carbonyl (C=O) groups is 1. The third kappa shape index (κ3) is 9.25. The Morgan fingerprint density at radius 1 is 0.831 bits per heavy atom. The van der Waals surface area contributed by atoms with Gasteiger partial charge in [0.1, 0.15) is 0 Å². The number of carbonyl (C=O) groups excluding carboxylic acids is 1. The molecule has 1 amide bonds. The maximum Gasteiger partial charge on any atom is 0.416 e. The molecule has 3 atom stereocenters. The number of hydrogen-bond acceptors (Lipinski definition) is 10. The van der Waals surface area contributed by atoms with E-state index < -0.39 is 18.4 Å². The molecule has 0 radical (unpaired) electrons. The highest BCUT2D eigenvalue weighted by Gasteiger charge is 2.43. The number of aliphatic imine (C=N–C) groups is 1. The van der Waals surface area contributed by atoms with Gasteiger partial charge < -0.3 is 38.6 Å². The quantitative estimate of drug-likeness (QED) is 0.188. The van der Waals surface area contributed by atoms with Crippen molar-refractivity contribution in [1.82, 2.24) is 9.80 Å². The fraction of sp³-hybridized carbons (Fsp3) is 0.458. The van der Waals surface area contributed by atoms with Crippen molar-refractivity contribution in [2.75, 3.05) is 38.9 Å². The summed E-state index contributed by atoms with van der Waals surface area (Å²) < 4.78 is 30.0. The molecule has 0 spiro atoms. The highest BCUT2D eigenvalue weighted by Crippen LogP contribution is 2.47. The van der Waals surface area contributed by atoms with Crippen molar-refractivity contribution in [3.63, 3.8) is 0 Å². The van der Waals surface area contributed by atoms with Gasteiger partial charge in [-0.1, -0.05) is 65.2 Å². The minimum Gasteiger partial charge on any atom is -0.493 e. The fourth-order valence-electron chi connectivity index (χ4n) is 8.07. The lowest BCUT2D eigenvalue weighted by molar-refractivity contribution is 0.0886. The van der Waals surface area contributed by atoms with Crippen LogP contribution in [0.25, 0.3) is 11.4 Å². The SMILES string of the molecule is C=C1c2cc(OC)c(OCC(C)(C)CCC(C)(C)CCOc3cc4c(cc3OC)C(=C)N3C=C(/C=C/C)CC3C(O)N4C(=O)OCC)cc2N=CC2CC(/C=C/C)=CN12. The van der Waals surface area contributed by atoms with E-state index in [1.807, 2.05) is 61.5 Å². The minimum absolute atomic E-state index is 0.0647. The lowest BCUT2D eigenvalue weighted by Gasteiger charge is -2.32. The molecule has 1 N–H and O–H groups in total. The van der Waals surface area contributed by atoms with Crippen LogP contribution in [0.3, 0.4) is 0 Å². The number of benzene rings is 2. The van der Waals surface area contributed by atoms with E-state index in [-0.39, 0.29) is 23.5 Å². The van der Waals surface area contributed by atoms with Crippen LogP contribution < -0.4 is 23.8 Å². The summed E-state index contributed by atoms with van der Waals surface area (Å²) in [4.78, 5) is 23.8. The third-order valence-corrected chi connectivity index (χ3v) is 11.6. The van der Waals surface area contributed by atoms with E-state index in [4.69, 9.17) is 28.7 Å². The molecule has 3 unspecified atom stereocenters. The van der Waals surface area contributed by atoms with Crippen LogP contribution in [0.4, 0.5) is 16.2 Å². The van der Waals surface area contributed by atoms with E-state index in [0.29, 0.717) is 59.6 Å². The third-order valence-electron chi connectivity index (χ3n) is 11.6. The Morgan fingerprint density at radius 2 is 1.44 bits per heavy atom. The maximum atomic E-state index is 13.5. The van der Waals surface area contributed by atoms with Crippen LogP contribution >= 0.6 is 0 Å². The summed E-state index contributed by atoms with van der Waals surface area (Å²) in [6.07, 6.45) is 16.5. The van der Waals surface area contributed by atoms with Gasteiger partial charge in [0.2, 0.25) is 0 Å². The zero-order valence-corrected chi connectivity index (χ0v) is 36.3. The molecule has 0 saturated carbocycles. The van der Waals surface area contributed by atoms with E-state index in [9.17, 15) is 9.90 Å². The number of aliphatic hydroxyl groups excluding tert-OH is 1. The van der Waals surface area contributed by atoms with E-state index in [1.54, 1.807) is 27.2 Å². The zero-order chi connectivity index (χ0) is 42.6. The van der Waals surface area contributed by atoms with Crippen LogP contribution in [0, 0.1) is 10.8 Å². The molecule has 0 aromatic heterocycles. The van der Waals surface area contributed by atoms with Crippen LogP contribution in [0.5, 0.6) is 23.0 Å². The number of anilines is 1. The smallest absolute Gasteiger partial charge is 0.416 e. The number of ether oxygens (including phenoxy) is 5.